The van der Waals surface area contributed by atoms with Gasteiger partial charge >= 0.3 is 5.97 Å². The zero-order valence-electron chi connectivity index (χ0n) is 13.8. The fourth-order valence-electron chi connectivity index (χ4n) is 2.19. The number of rotatable bonds is 8. The number of hydrogen-bond donors (Lipinski definition) is 1. The molecular formula is C16H21ClFNO4S. The van der Waals surface area contributed by atoms with Gasteiger partial charge in [0.15, 0.2) is 0 Å². The van der Waals surface area contributed by atoms with Gasteiger partial charge in [0.05, 0.1) is 22.9 Å². The summed E-state index contributed by atoms with van der Waals surface area (Å²) in [6.07, 6.45) is 2.20. The molecule has 0 saturated heterocycles. The minimum absolute atomic E-state index is 0.0541. The van der Waals surface area contributed by atoms with Crippen molar-refractivity contribution in [2.75, 3.05) is 11.3 Å². The zero-order chi connectivity index (χ0) is 18.3. The summed E-state index contributed by atoms with van der Waals surface area (Å²) in [5.41, 5.74) is 0.114. The summed E-state index contributed by atoms with van der Waals surface area (Å²) in [6.45, 7) is 5.18. The second-order valence-electron chi connectivity index (χ2n) is 5.01. The van der Waals surface area contributed by atoms with E-state index in [1.165, 1.54) is 12.1 Å². The minimum atomic E-state index is -3.97. The number of halogens is 2. The van der Waals surface area contributed by atoms with Crippen LogP contribution in [-0.4, -0.2) is 26.2 Å². The van der Waals surface area contributed by atoms with Gasteiger partial charge in [0.1, 0.15) is 11.1 Å². The van der Waals surface area contributed by atoms with Crippen LogP contribution in [0.1, 0.15) is 33.6 Å². The predicted octanol–water partition coefficient (Wildman–Crippen LogP) is 3.90. The lowest BCUT2D eigenvalue weighted by Gasteiger charge is -2.20. The number of carbonyl (C=O) groups is 1. The van der Waals surface area contributed by atoms with Crippen molar-refractivity contribution in [1.29, 1.82) is 0 Å². The Morgan fingerprint density at radius 1 is 1.42 bits per heavy atom. The third-order valence-electron chi connectivity index (χ3n) is 3.28. The quantitative estimate of drug-likeness (QED) is 0.551. The number of nitrogens with one attached hydrogen (secondary N) is 1. The van der Waals surface area contributed by atoms with Crippen LogP contribution in [0.3, 0.4) is 0 Å². The standard InChI is InChI=1S/C16H21ClFNO4S/c1-4-7-15(12(5-2)16(20)23-6-3)24(21,22)19-14-9-8-11(18)10-13(14)17/h5,8-10,15,19H,4,6-7H2,1-3H3/b12-5-. The molecule has 0 bridgehead atoms. The van der Waals surface area contributed by atoms with Crippen LogP contribution in [0.5, 0.6) is 0 Å². The van der Waals surface area contributed by atoms with E-state index in [0.29, 0.717) is 6.42 Å². The van der Waals surface area contributed by atoms with E-state index >= 15 is 0 Å². The van der Waals surface area contributed by atoms with Gasteiger partial charge in [-0.05, 0) is 38.5 Å². The maximum atomic E-state index is 13.1. The number of hydrogen-bond acceptors (Lipinski definition) is 4. The molecule has 134 valence electrons. The first-order valence-electron chi connectivity index (χ1n) is 7.56. The first-order valence-corrected chi connectivity index (χ1v) is 9.49. The maximum Gasteiger partial charge on any atom is 0.335 e. The summed E-state index contributed by atoms with van der Waals surface area (Å²) < 4.78 is 45.8. The normalized spacial score (nSPS) is 13.5. The molecule has 8 heteroatoms. The van der Waals surface area contributed by atoms with Gasteiger partial charge in [0.2, 0.25) is 10.0 Å². The van der Waals surface area contributed by atoms with E-state index in [0.717, 1.165) is 12.1 Å². The van der Waals surface area contributed by atoms with Gasteiger partial charge in [-0.15, -0.1) is 0 Å². The summed E-state index contributed by atoms with van der Waals surface area (Å²) in [6, 6.07) is 3.34. The number of esters is 1. The molecule has 1 aromatic carbocycles. The lowest BCUT2D eigenvalue weighted by molar-refractivity contribution is -0.138. The van der Waals surface area contributed by atoms with Gasteiger partial charge in [0, 0.05) is 0 Å². The molecule has 0 aliphatic heterocycles. The van der Waals surface area contributed by atoms with E-state index < -0.39 is 27.1 Å². The second-order valence-corrected chi connectivity index (χ2v) is 7.28. The zero-order valence-corrected chi connectivity index (χ0v) is 15.4. The maximum absolute atomic E-state index is 13.1. The molecule has 5 nitrogen and oxygen atoms in total. The van der Waals surface area contributed by atoms with Gasteiger partial charge in [-0.1, -0.05) is 31.0 Å². The van der Waals surface area contributed by atoms with Crippen LogP contribution >= 0.6 is 11.6 Å². The third kappa shape index (κ3) is 5.21. The van der Waals surface area contributed by atoms with Crippen LogP contribution < -0.4 is 4.72 Å². The van der Waals surface area contributed by atoms with Gasteiger partial charge in [0.25, 0.3) is 0 Å². The van der Waals surface area contributed by atoms with Gasteiger partial charge < -0.3 is 4.74 Å². The molecule has 1 rings (SSSR count). The average molecular weight is 378 g/mol. The van der Waals surface area contributed by atoms with Crippen LogP contribution in [-0.2, 0) is 19.6 Å². The molecule has 0 fully saturated rings. The van der Waals surface area contributed by atoms with Crippen molar-refractivity contribution in [3.8, 4) is 0 Å². The second kappa shape index (κ2) is 9.03. The predicted molar refractivity (Wildman–Crippen MR) is 93.0 cm³/mol. The molecule has 24 heavy (non-hydrogen) atoms. The summed E-state index contributed by atoms with van der Waals surface area (Å²) in [4.78, 5) is 12.0. The first kappa shape index (κ1) is 20.4. The highest BCUT2D eigenvalue weighted by atomic mass is 35.5. The lowest BCUT2D eigenvalue weighted by atomic mass is 10.1. The van der Waals surface area contributed by atoms with E-state index in [9.17, 15) is 17.6 Å². The van der Waals surface area contributed by atoms with Crippen molar-refractivity contribution in [3.05, 3.63) is 40.7 Å². The molecule has 0 heterocycles. The molecule has 1 atom stereocenters. The molecule has 0 aliphatic rings. The van der Waals surface area contributed by atoms with Crippen LogP contribution in [0.25, 0.3) is 0 Å². The van der Waals surface area contributed by atoms with Crippen molar-refractivity contribution in [1.82, 2.24) is 0 Å². The van der Waals surface area contributed by atoms with Gasteiger partial charge in [-0.3, -0.25) is 4.72 Å². The summed E-state index contributed by atoms with van der Waals surface area (Å²) in [5.74, 6) is -1.25. The van der Waals surface area contributed by atoms with Crippen LogP contribution in [0.15, 0.2) is 29.8 Å². The minimum Gasteiger partial charge on any atom is -0.463 e. The SMILES string of the molecule is C/C=C(\C(=O)OCC)C(CCC)S(=O)(=O)Nc1ccc(F)cc1Cl. The number of sulfonamides is 1. The van der Waals surface area contributed by atoms with Crippen molar-refractivity contribution in [3.63, 3.8) is 0 Å². The van der Waals surface area contributed by atoms with E-state index in [1.54, 1.807) is 13.8 Å². The van der Waals surface area contributed by atoms with E-state index in [1.807, 2.05) is 6.92 Å². The smallest absolute Gasteiger partial charge is 0.335 e. The third-order valence-corrected chi connectivity index (χ3v) is 5.33. The number of carbonyl (C=O) groups excluding carboxylic acids is 1. The Balaban J connectivity index is 3.19. The fourth-order valence-corrected chi connectivity index (χ4v) is 4.20. The molecule has 1 aromatic rings. The monoisotopic (exact) mass is 377 g/mol. The Kier molecular flexibility index (Phi) is 7.69. The number of anilines is 1. The van der Waals surface area contributed by atoms with Crippen LogP contribution in [0, 0.1) is 5.82 Å². The highest BCUT2D eigenvalue weighted by Gasteiger charge is 2.33. The number of allylic oxidation sites excluding steroid dienone is 1. The van der Waals surface area contributed by atoms with Crippen LogP contribution in [0.4, 0.5) is 10.1 Å². The average Bonchev–Trinajstić information content (AvgIpc) is 2.50. The summed E-state index contributed by atoms with van der Waals surface area (Å²) in [7, 11) is -3.97. The van der Waals surface area contributed by atoms with E-state index in [2.05, 4.69) is 4.72 Å². The van der Waals surface area contributed by atoms with Gasteiger partial charge in [-0.25, -0.2) is 17.6 Å². The van der Waals surface area contributed by atoms with Crippen molar-refractivity contribution >= 4 is 33.3 Å². The highest BCUT2D eigenvalue weighted by molar-refractivity contribution is 7.93. The topological polar surface area (TPSA) is 72.5 Å². The molecule has 0 spiro atoms. The molecule has 0 amide bonds. The Morgan fingerprint density at radius 2 is 2.08 bits per heavy atom. The molecule has 0 aliphatic carbocycles. The van der Waals surface area contributed by atoms with Crippen molar-refractivity contribution < 1.29 is 22.3 Å². The lowest BCUT2D eigenvalue weighted by Crippen LogP contribution is -2.33. The molecular weight excluding hydrogens is 357 g/mol. The Bertz CT molecular complexity index is 719. The van der Waals surface area contributed by atoms with Gasteiger partial charge in [-0.2, -0.15) is 0 Å². The summed E-state index contributed by atoms with van der Waals surface area (Å²) in [5, 5.41) is -1.15. The van der Waals surface area contributed by atoms with E-state index in [4.69, 9.17) is 16.3 Å². The number of ether oxygens (including phenoxy) is 1. The Hall–Kier alpha value is -1.60. The van der Waals surface area contributed by atoms with Crippen LogP contribution in [0.2, 0.25) is 5.02 Å². The largest absolute Gasteiger partial charge is 0.463 e. The van der Waals surface area contributed by atoms with E-state index in [-0.39, 0.29) is 29.3 Å². The van der Waals surface area contributed by atoms with Crippen molar-refractivity contribution in [2.45, 2.75) is 38.9 Å². The highest BCUT2D eigenvalue weighted by Crippen LogP contribution is 2.27. The molecule has 1 unspecified atom stereocenters. The molecule has 0 saturated carbocycles. The Labute approximate surface area is 146 Å². The Morgan fingerprint density at radius 3 is 2.58 bits per heavy atom. The molecule has 0 radical (unpaired) electrons. The molecule has 1 N–H and O–H groups in total. The summed E-state index contributed by atoms with van der Waals surface area (Å²) >= 11 is 5.87. The first-order chi connectivity index (χ1) is 11.3. The molecule has 0 aromatic heterocycles. The van der Waals surface area contributed by atoms with Crippen molar-refractivity contribution in [2.24, 2.45) is 0 Å². The number of benzene rings is 1. The fraction of sp³-hybridized carbons (Fsp3) is 0.438.